The van der Waals surface area contributed by atoms with Crippen molar-refractivity contribution in [2.75, 3.05) is 0 Å². The topological polar surface area (TPSA) is 52.0 Å². The Morgan fingerprint density at radius 1 is 1.14 bits per heavy atom. The fourth-order valence-corrected chi connectivity index (χ4v) is 1.89. The highest BCUT2D eigenvalue weighted by Crippen LogP contribution is 2.22. The molecular weight excluding hydrogens is 172 g/mol. The van der Waals surface area contributed by atoms with Crippen LogP contribution in [0.4, 0.5) is 0 Å². The molecule has 0 aliphatic heterocycles. The lowest BCUT2D eigenvalue weighted by atomic mass is 9.91. The number of rotatable bonds is 3. The van der Waals surface area contributed by atoms with E-state index in [2.05, 4.69) is 19.9 Å². The molecular formula is C12H20N2. The molecule has 0 atom stereocenters. The number of nitrogens with two attached hydrogens (primary N) is 2. The van der Waals surface area contributed by atoms with Crippen LogP contribution in [0.3, 0.4) is 0 Å². The third-order valence-corrected chi connectivity index (χ3v) is 2.59. The summed E-state index contributed by atoms with van der Waals surface area (Å²) in [7, 11) is 0. The quantitative estimate of drug-likeness (QED) is 0.719. The summed E-state index contributed by atoms with van der Waals surface area (Å²) in [5.41, 5.74) is 14.9. The lowest BCUT2D eigenvalue weighted by Crippen LogP contribution is -2.43. The van der Waals surface area contributed by atoms with Crippen molar-refractivity contribution >= 4 is 0 Å². The highest BCUT2D eigenvalue weighted by molar-refractivity contribution is 5.38. The highest BCUT2D eigenvalue weighted by atomic mass is 14.9. The summed E-state index contributed by atoms with van der Waals surface area (Å²) in [4.78, 5) is 0. The summed E-state index contributed by atoms with van der Waals surface area (Å²) in [5.74, 6) is 0. The minimum atomic E-state index is -0.726. The van der Waals surface area contributed by atoms with Gasteiger partial charge in [0.2, 0.25) is 0 Å². The third kappa shape index (κ3) is 2.14. The first-order chi connectivity index (χ1) is 6.50. The van der Waals surface area contributed by atoms with Crippen LogP contribution in [0.15, 0.2) is 18.2 Å². The molecule has 2 nitrogen and oxygen atoms in total. The number of benzene rings is 1. The van der Waals surface area contributed by atoms with Crippen molar-refractivity contribution in [3.63, 3.8) is 0 Å². The first-order valence-corrected chi connectivity index (χ1v) is 5.19. The van der Waals surface area contributed by atoms with Gasteiger partial charge in [-0.1, -0.05) is 32.0 Å². The average Bonchev–Trinajstić information content (AvgIpc) is 2.15. The monoisotopic (exact) mass is 192 g/mol. The number of hydrogen-bond acceptors (Lipinski definition) is 2. The minimum Gasteiger partial charge on any atom is -0.310 e. The third-order valence-electron chi connectivity index (χ3n) is 2.59. The molecule has 0 amide bonds. The summed E-state index contributed by atoms with van der Waals surface area (Å²) in [6.07, 6.45) is 2.02. The van der Waals surface area contributed by atoms with Gasteiger partial charge in [0.25, 0.3) is 0 Å². The van der Waals surface area contributed by atoms with Crippen LogP contribution in [-0.2, 0) is 18.5 Å². The highest BCUT2D eigenvalue weighted by Gasteiger charge is 2.19. The van der Waals surface area contributed by atoms with Crippen LogP contribution in [0.5, 0.6) is 0 Å². The molecule has 2 heteroatoms. The molecule has 14 heavy (non-hydrogen) atoms. The molecule has 1 rings (SSSR count). The second-order valence-corrected chi connectivity index (χ2v) is 3.93. The number of hydrogen-bond donors (Lipinski definition) is 2. The summed E-state index contributed by atoms with van der Waals surface area (Å²) >= 11 is 0. The largest absolute Gasteiger partial charge is 0.310 e. The molecule has 0 aliphatic rings. The van der Waals surface area contributed by atoms with Crippen molar-refractivity contribution in [1.29, 1.82) is 0 Å². The zero-order chi connectivity index (χ0) is 10.8. The molecule has 0 aromatic heterocycles. The van der Waals surface area contributed by atoms with Gasteiger partial charge in [-0.15, -0.1) is 0 Å². The molecule has 0 heterocycles. The first kappa shape index (κ1) is 11.2. The van der Waals surface area contributed by atoms with Crippen molar-refractivity contribution in [3.05, 3.63) is 34.9 Å². The maximum atomic E-state index is 5.93. The fraction of sp³-hybridized carbons (Fsp3) is 0.500. The van der Waals surface area contributed by atoms with E-state index in [9.17, 15) is 0 Å². The van der Waals surface area contributed by atoms with Gasteiger partial charge in [0.05, 0.1) is 5.66 Å². The van der Waals surface area contributed by atoms with E-state index in [1.54, 1.807) is 0 Å². The van der Waals surface area contributed by atoms with Gasteiger partial charge in [-0.2, -0.15) is 0 Å². The molecule has 78 valence electrons. The molecule has 0 saturated carbocycles. The van der Waals surface area contributed by atoms with E-state index in [1.165, 1.54) is 11.1 Å². The molecule has 0 spiro atoms. The Balaban J connectivity index is 3.29. The SMILES string of the molecule is CCc1cccc(C(C)(N)N)c1CC. The zero-order valence-electron chi connectivity index (χ0n) is 9.30. The van der Waals surface area contributed by atoms with E-state index in [0.717, 1.165) is 18.4 Å². The van der Waals surface area contributed by atoms with Gasteiger partial charge >= 0.3 is 0 Å². The lowest BCUT2D eigenvalue weighted by Gasteiger charge is -2.24. The Bertz CT molecular complexity index is 311. The zero-order valence-corrected chi connectivity index (χ0v) is 9.30. The molecule has 0 aliphatic carbocycles. The van der Waals surface area contributed by atoms with Crippen molar-refractivity contribution < 1.29 is 0 Å². The van der Waals surface area contributed by atoms with Gasteiger partial charge in [-0.3, -0.25) is 0 Å². The maximum absolute atomic E-state index is 5.93. The first-order valence-electron chi connectivity index (χ1n) is 5.19. The molecule has 4 N–H and O–H groups in total. The van der Waals surface area contributed by atoms with Gasteiger partial charge in [0.15, 0.2) is 0 Å². The summed E-state index contributed by atoms with van der Waals surface area (Å²) < 4.78 is 0. The van der Waals surface area contributed by atoms with Gasteiger partial charge in [-0.05, 0) is 36.5 Å². The predicted octanol–water partition coefficient (Wildman–Crippen LogP) is 1.90. The molecule has 1 aromatic rings. The van der Waals surface area contributed by atoms with Gasteiger partial charge in [0.1, 0.15) is 0 Å². The molecule has 0 radical (unpaired) electrons. The molecule has 0 fully saturated rings. The van der Waals surface area contributed by atoms with Crippen molar-refractivity contribution in [1.82, 2.24) is 0 Å². The normalized spacial score (nSPS) is 11.8. The maximum Gasteiger partial charge on any atom is 0.0873 e. The van der Waals surface area contributed by atoms with Crippen LogP contribution in [-0.4, -0.2) is 0 Å². The molecule has 0 unspecified atom stereocenters. The summed E-state index contributed by atoms with van der Waals surface area (Å²) in [6.45, 7) is 6.15. The van der Waals surface area contributed by atoms with Crippen molar-refractivity contribution in [2.45, 2.75) is 39.3 Å². The van der Waals surface area contributed by atoms with E-state index in [1.807, 2.05) is 19.1 Å². The van der Waals surface area contributed by atoms with Gasteiger partial charge in [0, 0.05) is 0 Å². The Hall–Kier alpha value is -0.860. The second-order valence-electron chi connectivity index (χ2n) is 3.93. The smallest absolute Gasteiger partial charge is 0.0873 e. The van der Waals surface area contributed by atoms with Crippen LogP contribution < -0.4 is 11.5 Å². The fourth-order valence-electron chi connectivity index (χ4n) is 1.89. The lowest BCUT2D eigenvalue weighted by molar-refractivity contribution is 0.514. The molecule has 0 saturated heterocycles. The van der Waals surface area contributed by atoms with E-state index in [-0.39, 0.29) is 0 Å². The standard InChI is InChI=1S/C12H20N2/c1-4-9-7-6-8-11(10(9)5-2)12(3,13)14/h6-8H,4-5,13-14H2,1-3H3. The van der Waals surface area contributed by atoms with Gasteiger partial charge in [-0.25, -0.2) is 0 Å². The van der Waals surface area contributed by atoms with E-state index in [0.29, 0.717) is 0 Å². The van der Waals surface area contributed by atoms with Crippen molar-refractivity contribution in [3.8, 4) is 0 Å². The molecule has 1 aromatic carbocycles. The minimum absolute atomic E-state index is 0.726. The second kappa shape index (κ2) is 4.11. The van der Waals surface area contributed by atoms with E-state index in [4.69, 9.17) is 11.5 Å². The Morgan fingerprint density at radius 2 is 1.79 bits per heavy atom. The van der Waals surface area contributed by atoms with Crippen LogP contribution in [0.2, 0.25) is 0 Å². The number of aryl methyl sites for hydroxylation is 1. The van der Waals surface area contributed by atoms with E-state index >= 15 is 0 Å². The summed E-state index contributed by atoms with van der Waals surface area (Å²) in [5, 5.41) is 0. The average molecular weight is 192 g/mol. The van der Waals surface area contributed by atoms with Gasteiger partial charge < -0.3 is 11.5 Å². The van der Waals surface area contributed by atoms with Crippen LogP contribution >= 0.6 is 0 Å². The predicted molar refractivity (Wildman–Crippen MR) is 60.9 cm³/mol. The Labute approximate surface area is 86.3 Å². The molecule has 0 bridgehead atoms. The van der Waals surface area contributed by atoms with Crippen LogP contribution in [0.1, 0.15) is 37.5 Å². The van der Waals surface area contributed by atoms with Crippen molar-refractivity contribution in [2.24, 2.45) is 11.5 Å². The van der Waals surface area contributed by atoms with E-state index < -0.39 is 5.66 Å². The Kier molecular flexibility index (Phi) is 3.29. The van der Waals surface area contributed by atoms with Crippen LogP contribution in [0.25, 0.3) is 0 Å². The van der Waals surface area contributed by atoms with Crippen LogP contribution in [0, 0.1) is 0 Å². The summed E-state index contributed by atoms with van der Waals surface area (Å²) in [6, 6.07) is 6.21. The Morgan fingerprint density at radius 3 is 2.21 bits per heavy atom.